The lowest BCUT2D eigenvalue weighted by molar-refractivity contribution is -0.141. The molecular weight excluding hydrogens is 341 g/mol. The van der Waals surface area contributed by atoms with Crippen LogP contribution in [0.2, 0.25) is 0 Å². The Morgan fingerprint density at radius 1 is 1.44 bits per heavy atom. The molecule has 0 aliphatic carbocycles. The van der Waals surface area contributed by atoms with Crippen LogP contribution in [0.15, 0.2) is 12.4 Å². The molecule has 0 unspecified atom stereocenters. The molecule has 0 aromatic carbocycles. The fourth-order valence-corrected chi connectivity index (χ4v) is 2.30. The number of hydrogen-bond acceptors (Lipinski definition) is 5. The fourth-order valence-electron chi connectivity index (χ4n) is 2.30. The Bertz CT molecular complexity index is 724. The Labute approximate surface area is 142 Å². The van der Waals surface area contributed by atoms with E-state index in [4.69, 9.17) is 4.74 Å². The molecule has 0 radical (unpaired) electrons. The van der Waals surface area contributed by atoms with Crippen LogP contribution in [0.3, 0.4) is 0 Å². The highest BCUT2D eigenvalue weighted by Crippen LogP contribution is 2.28. The lowest BCUT2D eigenvalue weighted by atomic mass is 10.2. The van der Waals surface area contributed by atoms with Crippen molar-refractivity contribution in [3.8, 4) is 0 Å². The molecule has 1 amide bonds. The van der Waals surface area contributed by atoms with Gasteiger partial charge in [-0.15, -0.1) is 10.2 Å². The van der Waals surface area contributed by atoms with E-state index in [1.807, 2.05) is 0 Å². The average Bonchev–Trinajstić information content (AvgIpc) is 3.13. The molecule has 0 bridgehead atoms. The largest absolute Gasteiger partial charge is 0.435 e. The highest BCUT2D eigenvalue weighted by atomic mass is 19.4. The average molecular weight is 360 g/mol. The molecule has 11 heteroatoms. The first-order valence-electron chi connectivity index (χ1n) is 7.52. The van der Waals surface area contributed by atoms with E-state index in [2.05, 4.69) is 20.6 Å². The Kier molecular flexibility index (Phi) is 5.77. The van der Waals surface area contributed by atoms with E-state index in [9.17, 15) is 18.0 Å². The summed E-state index contributed by atoms with van der Waals surface area (Å²) < 4.78 is 45.7. The van der Waals surface area contributed by atoms with Gasteiger partial charge in [0.15, 0.2) is 11.5 Å². The standard InChI is InChI=1S/C14H19F3N6O2/c1-9(12-20-18-8-23(12)5-4-6-25-3)19-13(24)10-7-11(14(15,16)17)21-22(10)2/h7-9H,4-6H2,1-3H3,(H,19,24)/t9-/m0/s1. The first-order chi connectivity index (χ1) is 11.7. The number of nitrogens with one attached hydrogen (secondary N) is 1. The minimum absolute atomic E-state index is 0.190. The van der Waals surface area contributed by atoms with Crippen molar-refractivity contribution in [3.63, 3.8) is 0 Å². The number of alkyl halides is 3. The van der Waals surface area contributed by atoms with Crippen LogP contribution in [0.1, 0.15) is 41.4 Å². The first-order valence-corrected chi connectivity index (χ1v) is 7.52. The van der Waals surface area contributed by atoms with Gasteiger partial charge in [0, 0.05) is 33.4 Å². The van der Waals surface area contributed by atoms with Crippen molar-refractivity contribution in [2.24, 2.45) is 7.05 Å². The number of carbonyl (C=O) groups excluding carboxylic acids is 1. The summed E-state index contributed by atoms with van der Waals surface area (Å²) >= 11 is 0. The lowest BCUT2D eigenvalue weighted by Gasteiger charge is -2.14. The number of ether oxygens (including phenoxy) is 1. The Hall–Kier alpha value is -2.43. The smallest absolute Gasteiger partial charge is 0.385 e. The van der Waals surface area contributed by atoms with Gasteiger partial charge < -0.3 is 14.6 Å². The molecule has 0 aliphatic heterocycles. The Morgan fingerprint density at radius 3 is 2.76 bits per heavy atom. The molecule has 1 atom stereocenters. The molecule has 25 heavy (non-hydrogen) atoms. The number of carbonyl (C=O) groups is 1. The first kappa shape index (κ1) is 18.9. The maximum Gasteiger partial charge on any atom is 0.435 e. The summed E-state index contributed by atoms with van der Waals surface area (Å²) in [7, 11) is 2.88. The van der Waals surface area contributed by atoms with Gasteiger partial charge in [-0.3, -0.25) is 9.48 Å². The molecule has 0 spiro atoms. The van der Waals surface area contributed by atoms with Gasteiger partial charge in [0.2, 0.25) is 0 Å². The highest BCUT2D eigenvalue weighted by Gasteiger charge is 2.35. The van der Waals surface area contributed by atoms with Crippen molar-refractivity contribution in [2.75, 3.05) is 13.7 Å². The third-order valence-electron chi connectivity index (χ3n) is 3.53. The maximum atomic E-state index is 12.7. The number of methoxy groups -OCH3 is 1. The quantitative estimate of drug-likeness (QED) is 0.757. The van der Waals surface area contributed by atoms with E-state index in [1.54, 1.807) is 18.6 Å². The van der Waals surface area contributed by atoms with Gasteiger partial charge in [-0.1, -0.05) is 0 Å². The third kappa shape index (κ3) is 4.56. The van der Waals surface area contributed by atoms with Crippen molar-refractivity contribution in [2.45, 2.75) is 32.1 Å². The van der Waals surface area contributed by atoms with Gasteiger partial charge >= 0.3 is 6.18 Å². The van der Waals surface area contributed by atoms with Crippen molar-refractivity contribution in [1.29, 1.82) is 0 Å². The maximum absolute atomic E-state index is 12.7. The number of rotatable bonds is 7. The van der Waals surface area contributed by atoms with Crippen LogP contribution < -0.4 is 5.32 Å². The van der Waals surface area contributed by atoms with Crippen LogP contribution in [-0.2, 0) is 24.5 Å². The monoisotopic (exact) mass is 360 g/mol. The van der Waals surface area contributed by atoms with E-state index in [0.29, 0.717) is 25.0 Å². The van der Waals surface area contributed by atoms with Gasteiger partial charge in [-0.2, -0.15) is 18.3 Å². The number of hydrogen-bond donors (Lipinski definition) is 1. The van der Waals surface area contributed by atoms with Crippen molar-refractivity contribution >= 4 is 5.91 Å². The fraction of sp³-hybridized carbons (Fsp3) is 0.571. The summed E-state index contributed by atoms with van der Waals surface area (Å²) in [4.78, 5) is 12.3. The van der Waals surface area contributed by atoms with Crippen LogP contribution in [0.4, 0.5) is 13.2 Å². The second-order valence-electron chi connectivity index (χ2n) is 5.46. The summed E-state index contributed by atoms with van der Waals surface area (Å²) in [6, 6.07) is 0.174. The number of amides is 1. The summed E-state index contributed by atoms with van der Waals surface area (Å²) in [5.74, 6) is -0.174. The molecule has 138 valence electrons. The van der Waals surface area contributed by atoms with Crippen LogP contribution in [0.5, 0.6) is 0 Å². The molecule has 2 aromatic rings. The zero-order chi connectivity index (χ0) is 18.6. The van der Waals surface area contributed by atoms with Gasteiger partial charge in [-0.05, 0) is 13.3 Å². The topological polar surface area (TPSA) is 86.9 Å². The molecule has 8 nitrogen and oxygen atoms in total. The van der Waals surface area contributed by atoms with Crippen LogP contribution >= 0.6 is 0 Å². The Balaban J connectivity index is 2.08. The number of aromatic nitrogens is 5. The lowest BCUT2D eigenvalue weighted by Crippen LogP contribution is -2.30. The molecule has 2 rings (SSSR count). The van der Waals surface area contributed by atoms with Crippen molar-refractivity contribution in [3.05, 3.63) is 29.6 Å². The van der Waals surface area contributed by atoms with E-state index in [-0.39, 0.29) is 5.69 Å². The summed E-state index contributed by atoms with van der Waals surface area (Å²) in [6.07, 6.45) is -2.35. The van der Waals surface area contributed by atoms with Crippen LogP contribution in [-0.4, -0.2) is 44.2 Å². The van der Waals surface area contributed by atoms with Crippen LogP contribution in [0, 0.1) is 0 Å². The molecule has 0 fully saturated rings. The normalized spacial score (nSPS) is 13.0. The molecule has 0 saturated carbocycles. The summed E-state index contributed by atoms with van der Waals surface area (Å²) in [5.41, 5.74) is -1.31. The molecular formula is C14H19F3N6O2. The van der Waals surface area contributed by atoms with Crippen LogP contribution in [0.25, 0.3) is 0 Å². The van der Waals surface area contributed by atoms with Crippen molar-refractivity contribution < 1.29 is 22.7 Å². The number of halogens is 3. The molecule has 0 aliphatic rings. The van der Waals surface area contributed by atoms with Crippen molar-refractivity contribution in [1.82, 2.24) is 29.9 Å². The molecule has 1 N–H and O–H groups in total. The minimum atomic E-state index is -4.61. The number of aryl methyl sites for hydroxylation is 2. The minimum Gasteiger partial charge on any atom is -0.385 e. The molecule has 2 aromatic heterocycles. The predicted molar refractivity (Wildman–Crippen MR) is 80.6 cm³/mol. The highest BCUT2D eigenvalue weighted by molar-refractivity contribution is 5.92. The summed E-state index contributed by atoms with van der Waals surface area (Å²) in [5, 5.41) is 13.7. The van der Waals surface area contributed by atoms with E-state index in [0.717, 1.165) is 11.1 Å². The predicted octanol–water partition coefficient (Wildman–Crippen LogP) is 1.56. The summed E-state index contributed by atoms with van der Waals surface area (Å²) in [6.45, 7) is 2.84. The SMILES string of the molecule is COCCCn1cnnc1[C@H](C)NC(=O)c1cc(C(F)(F)F)nn1C. The van der Waals surface area contributed by atoms with E-state index in [1.165, 1.54) is 13.4 Å². The van der Waals surface area contributed by atoms with Gasteiger partial charge in [0.1, 0.15) is 12.0 Å². The second kappa shape index (κ2) is 7.64. The Morgan fingerprint density at radius 2 is 2.16 bits per heavy atom. The molecule has 2 heterocycles. The molecule has 0 saturated heterocycles. The van der Waals surface area contributed by atoms with Gasteiger partial charge in [0.25, 0.3) is 5.91 Å². The van der Waals surface area contributed by atoms with Gasteiger partial charge in [-0.25, -0.2) is 0 Å². The third-order valence-corrected chi connectivity index (χ3v) is 3.53. The zero-order valence-electron chi connectivity index (χ0n) is 14.0. The van der Waals surface area contributed by atoms with E-state index < -0.39 is 23.8 Å². The second-order valence-corrected chi connectivity index (χ2v) is 5.46. The zero-order valence-corrected chi connectivity index (χ0v) is 14.0. The van der Waals surface area contributed by atoms with Gasteiger partial charge in [0.05, 0.1) is 6.04 Å². The van der Waals surface area contributed by atoms with E-state index >= 15 is 0 Å². The number of nitrogens with zero attached hydrogens (tertiary/aromatic N) is 5.